The SMILES string of the molecule is [Se-2].[Se-2].[Se-2].[Tl+3]. The van der Waals surface area contributed by atoms with Crippen LogP contribution in [0.4, 0.5) is 0 Å². The molecule has 0 heterocycles. The van der Waals surface area contributed by atoms with Crippen LogP contribution in [0.1, 0.15) is 0 Å². The van der Waals surface area contributed by atoms with Crippen LogP contribution in [-0.2, 0) is 0 Å². The Hall–Kier alpha value is 2.48. The van der Waals surface area contributed by atoms with Crippen molar-refractivity contribution in [1.29, 1.82) is 0 Å². The van der Waals surface area contributed by atoms with Crippen molar-refractivity contribution in [3.8, 4) is 0 Å². The molecule has 0 amide bonds. The van der Waals surface area contributed by atoms with Crippen molar-refractivity contribution in [2.45, 2.75) is 0 Å². The van der Waals surface area contributed by atoms with Gasteiger partial charge in [0.1, 0.15) is 0 Å². The van der Waals surface area contributed by atoms with E-state index in [2.05, 4.69) is 0 Å². The van der Waals surface area contributed by atoms with Gasteiger partial charge in [0.2, 0.25) is 0 Å². The van der Waals surface area contributed by atoms with Gasteiger partial charge >= 0.3 is 27.3 Å². The van der Waals surface area contributed by atoms with Gasteiger partial charge in [0, 0.05) is 0 Å². The molecule has 0 saturated heterocycles. The van der Waals surface area contributed by atoms with E-state index in [1.165, 1.54) is 0 Å². The van der Waals surface area contributed by atoms with Crippen LogP contribution >= 0.6 is 0 Å². The summed E-state index contributed by atoms with van der Waals surface area (Å²) in [4.78, 5) is 0. The predicted octanol–water partition coefficient (Wildman–Crippen LogP) is -1.52. The monoisotopic (exact) mass is 445 g/mol. The third-order valence-electron chi connectivity index (χ3n) is 0. The standard InChI is InChI=1S/3Se.Tl/q3*-2;+3. The average Bonchev–Trinajstić information content (AvgIpc) is 0. The molecule has 0 aromatic heterocycles. The molecule has 0 bridgehead atoms. The summed E-state index contributed by atoms with van der Waals surface area (Å²) in [5.74, 6) is 0. The average molecular weight is 441 g/mol. The minimum absolute atomic E-state index is 0. The van der Waals surface area contributed by atoms with E-state index in [4.69, 9.17) is 0 Å². The molecule has 0 nitrogen and oxygen atoms in total. The van der Waals surface area contributed by atoms with E-state index in [0.717, 1.165) is 0 Å². The Labute approximate surface area is 77.4 Å². The zero-order valence-corrected chi connectivity index (χ0v) is 11.4. The topological polar surface area (TPSA) is 0 Å². The van der Waals surface area contributed by atoms with Crippen LogP contribution in [0.15, 0.2) is 0 Å². The van der Waals surface area contributed by atoms with Crippen molar-refractivity contribution in [3.63, 3.8) is 0 Å². The van der Waals surface area contributed by atoms with Crippen molar-refractivity contribution in [3.05, 3.63) is 0 Å². The Morgan fingerprint density at radius 1 is 0.500 bits per heavy atom. The van der Waals surface area contributed by atoms with Gasteiger partial charge in [-0.05, 0) is 0 Å². The van der Waals surface area contributed by atoms with E-state index >= 15 is 0 Å². The van der Waals surface area contributed by atoms with Gasteiger partial charge < -0.3 is 51.2 Å². The molecule has 0 aromatic rings. The zero-order valence-electron chi connectivity index (χ0n) is 1.80. The molecule has 4 heavy (non-hydrogen) atoms. The van der Waals surface area contributed by atoms with Crippen molar-refractivity contribution < 1.29 is 0 Å². The molecule has 0 aliphatic heterocycles. The third kappa shape index (κ3) is 8.82. The van der Waals surface area contributed by atoms with Crippen molar-refractivity contribution in [2.24, 2.45) is 0 Å². The van der Waals surface area contributed by atoms with Crippen LogP contribution in [-0.4, -0.2) is 78.5 Å². The molecule has 0 radical (unpaired) electrons. The summed E-state index contributed by atoms with van der Waals surface area (Å²) in [6, 6.07) is 0. The van der Waals surface area contributed by atoms with Crippen molar-refractivity contribution in [1.82, 2.24) is 0 Å². The maximum Gasteiger partial charge on any atom is 3.00 e. The molecule has 0 N–H and O–H groups in total. The Bertz CT molecular complexity index is 3.25. The summed E-state index contributed by atoms with van der Waals surface area (Å²) in [5, 5.41) is 0. The quantitative estimate of drug-likeness (QED) is 0.401. The largest absolute Gasteiger partial charge is 3.00 e. The van der Waals surface area contributed by atoms with Crippen LogP contribution in [0.2, 0.25) is 0 Å². The van der Waals surface area contributed by atoms with Gasteiger partial charge in [-0.1, -0.05) is 0 Å². The second kappa shape index (κ2) is 17.9. The summed E-state index contributed by atoms with van der Waals surface area (Å²) in [6.45, 7) is 0. The van der Waals surface area contributed by atoms with Gasteiger partial charge in [-0.3, -0.25) is 0 Å². The molecule has 0 unspecified atom stereocenters. The van der Waals surface area contributed by atoms with Crippen molar-refractivity contribution >= 4 is 78.5 Å². The molecule has 0 rings (SSSR count). The zero-order chi connectivity index (χ0) is 0. The van der Waals surface area contributed by atoms with Gasteiger partial charge in [-0.15, -0.1) is 0 Å². The maximum atomic E-state index is 0. The van der Waals surface area contributed by atoms with E-state index < -0.39 is 0 Å². The molecule has 4 heteroatoms. The van der Waals surface area contributed by atoms with E-state index in [-0.39, 0.29) is 78.5 Å². The summed E-state index contributed by atoms with van der Waals surface area (Å²) in [7, 11) is 0. The first-order valence-electron chi connectivity index (χ1n) is 0. The Balaban J connectivity index is 0. The van der Waals surface area contributed by atoms with Crippen LogP contribution in [0, 0.1) is 0 Å². The Morgan fingerprint density at radius 2 is 0.500 bits per heavy atom. The fraction of sp³-hybridized carbons (Fsp3) is 0. The molecule has 0 spiro atoms. The first kappa shape index (κ1) is 31.6. The summed E-state index contributed by atoms with van der Waals surface area (Å²) in [5.41, 5.74) is 0. The fourth-order valence-corrected chi connectivity index (χ4v) is 0. The first-order chi connectivity index (χ1) is 0. The van der Waals surface area contributed by atoms with Crippen LogP contribution in [0.3, 0.4) is 0 Å². The maximum absolute atomic E-state index is 0. The number of hydrogen-bond donors (Lipinski definition) is 0. The predicted molar refractivity (Wildman–Crippen MR) is 23.0 cm³/mol. The van der Waals surface area contributed by atoms with Gasteiger partial charge in [-0.2, -0.15) is 0 Å². The molecular formula is Se3Tl-3. The van der Waals surface area contributed by atoms with Crippen LogP contribution in [0.5, 0.6) is 0 Å². The van der Waals surface area contributed by atoms with Crippen LogP contribution in [0.25, 0.3) is 0 Å². The minimum Gasteiger partial charge on any atom is -2.00 e. The summed E-state index contributed by atoms with van der Waals surface area (Å²) in [6.07, 6.45) is 0. The van der Waals surface area contributed by atoms with Crippen LogP contribution < -0.4 is 0 Å². The summed E-state index contributed by atoms with van der Waals surface area (Å²) >= 11 is 0. The second-order valence-electron chi connectivity index (χ2n) is 0. The smallest absolute Gasteiger partial charge is 2.00 e. The molecule has 0 saturated carbocycles. The van der Waals surface area contributed by atoms with E-state index in [9.17, 15) is 0 Å². The van der Waals surface area contributed by atoms with E-state index in [1.54, 1.807) is 0 Å². The molecule has 0 aromatic carbocycles. The summed E-state index contributed by atoms with van der Waals surface area (Å²) < 4.78 is 0. The first-order valence-corrected chi connectivity index (χ1v) is 0. The normalized spacial score (nSPS) is 0. The van der Waals surface area contributed by atoms with E-state index in [0.29, 0.717) is 0 Å². The molecule has 24 valence electrons. The van der Waals surface area contributed by atoms with Crippen molar-refractivity contribution in [2.75, 3.05) is 0 Å². The molecule has 0 fully saturated rings. The molecular weight excluding hydrogens is 441 g/mol. The molecule has 0 aliphatic carbocycles. The van der Waals surface area contributed by atoms with Gasteiger partial charge in [0.05, 0.1) is 0 Å². The third-order valence-corrected chi connectivity index (χ3v) is 0. The minimum atomic E-state index is 0. The molecule has 0 atom stereocenters. The fourth-order valence-electron chi connectivity index (χ4n) is 0. The Kier molecular flexibility index (Phi) is 141. The van der Waals surface area contributed by atoms with Gasteiger partial charge in [0.25, 0.3) is 0 Å². The van der Waals surface area contributed by atoms with Gasteiger partial charge in [0.15, 0.2) is 0 Å². The Morgan fingerprint density at radius 3 is 0.500 bits per heavy atom. The van der Waals surface area contributed by atoms with Gasteiger partial charge in [-0.25, -0.2) is 0 Å². The van der Waals surface area contributed by atoms with E-state index in [1.807, 2.05) is 0 Å². The second-order valence-corrected chi connectivity index (χ2v) is 0. The molecule has 0 aliphatic rings. The number of rotatable bonds is 0. The number of hydrogen-bond acceptors (Lipinski definition) is 0.